The van der Waals surface area contributed by atoms with E-state index in [2.05, 4.69) is 38.2 Å². The maximum atomic E-state index is 12.5. The van der Waals surface area contributed by atoms with Gasteiger partial charge in [-0.2, -0.15) is 0 Å². The molecule has 272 valence electrons. The molecular formula is C37H72NO7P. The monoisotopic (exact) mass is 674 g/mol. The van der Waals surface area contributed by atoms with Gasteiger partial charge in [-0.3, -0.25) is 13.8 Å². The van der Waals surface area contributed by atoms with E-state index in [0.717, 1.165) is 64.2 Å². The molecular weight excluding hydrogens is 601 g/mol. The van der Waals surface area contributed by atoms with Crippen LogP contribution in [0.3, 0.4) is 0 Å². The summed E-state index contributed by atoms with van der Waals surface area (Å²) in [6.45, 7) is 4.85. The third-order valence-corrected chi connectivity index (χ3v) is 8.84. The average Bonchev–Trinajstić information content (AvgIpc) is 3.04. The zero-order valence-electron chi connectivity index (χ0n) is 29.8. The molecule has 2 unspecified atom stereocenters. The van der Waals surface area contributed by atoms with E-state index in [9.17, 15) is 14.3 Å². The molecule has 0 aromatic carbocycles. The van der Waals surface area contributed by atoms with Crippen LogP contribution >= 0.6 is 7.82 Å². The number of carbonyl (C=O) groups excluding carboxylic acids is 1. The van der Waals surface area contributed by atoms with E-state index in [1.54, 1.807) is 0 Å². The van der Waals surface area contributed by atoms with Crippen LogP contribution in [0.15, 0.2) is 24.3 Å². The van der Waals surface area contributed by atoms with Crippen molar-refractivity contribution in [2.45, 2.75) is 174 Å². The Balaban J connectivity index is 4.10. The summed E-state index contributed by atoms with van der Waals surface area (Å²) in [6, 6.07) is 0. The zero-order valence-corrected chi connectivity index (χ0v) is 30.7. The molecule has 9 heteroatoms. The third kappa shape index (κ3) is 34.3. The van der Waals surface area contributed by atoms with Gasteiger partial charge in [-0.15, -0.1) is 0 Å². The molecule has 0 aliphatic carbocycles. The number of hydrogen-bond donors (Lipinski definition) is 2. The van der Waals surface area contributed by atoms with E-state index in [1.807, 2.05) is 0 Å². The molecule has 0 saturated heterocycles. The topological polar surface area (TPSA) is 117 Å². The highest BCUT2D eigenvalue weighted by atomic mass is 31.2. The first-order chi connectivity index (χ1) is 22.4. The number of hydrogen-bond acceptors (Lipinski definition) is 7. The van der Waals surface area contributed by atoms with Gasteiger partial charge in [0.15, 0.2) is 0 Å². The number of phosphoric ester groups is 1. The van der Waals surface area contributed by atoms with Crippen molar-refractivity contribution in [3.8, 4) is 0 Å². The minimum atomic E-state index is -4.27. The Morgan fingerprint density at radius 1 is 0.652 bits per heavy atom. The fraction of sp³-hybridized carbons (Fsp3) is 0.865. The smallest absolute Gasteiger partial charge is 0.457 e. The van der Waals surface area contributed by atoms with Crippen LogP contribution < -0.4 is 5.73 Å². The second-order valence-electron chi connectivity index (χ2n) is 12.4. The first kappa shape index (κ1) is 45.0. The van der Waals surface area contributed by atoms with Gasteiger partial charge in [0.1, 0.15) is 6.10 Å². The Labute approximate surface area is 283 Å². The van der Waals surface area contributed by atoms with Crippen molar-refractivity contribution >= 4 is 13.8 Å². The molecule has 0 spiro atoms. The van der Waals surface area contributed by atoms with Crippen LogP contribution in [-0.4, -0.2) is 49.9 Å². The number of nitrogens with two attached hydrogens (primary N) is 1. The van der Waals surface area contributed by atoms with Crippen LogP contribution in [0.1, 0.15) is 168 Å². The summed E-state index contributed by atoms with van der Waals surface area (Å²) in [5.41, 5.74) is 5.35. The summed E-state index contributed by atoms with van der Waals surface area (Å²) in [7, 11) is -4.27. The molecule has 0 heterocycles. The quantitative estimate of drug-likeness (QED) is 0.0292. The molecule has 2 atom stereocenters. The minimum Gasteiger partial charge on any atom is -0.457 e. The highest BCUT2D eigenvalue weighted by Gasteiger charge is 2.25. The molecule has 0 radical (unpaired) electrons. The van der Waals surface area contributed by atoms with Crippen LogP contribution in [0.5, 0.6) is 0 Å². The number of allylic oxidation sites excluding steroid dienone is 4. The molecule has 0 aliphatic heterocycles. The van der Waals surface area contributed by atoms with Crippen LogP contribution in [0.2, 0.25) is 0 Å². The Bertz CT molecular complexity index is 762. The molecule has 8 nitrogen and oxygen atoms in total. The molecule has 46 heavy (non-hydrogen) atoms. The number of ether oxygens (including phenoxy) is 2. The standard InChI is InChI=1S/C37H72NO7P/c1-3-5-7-9-11-13-15-17-19-21-23-25-27-29-32-42-34-36(35-44-46(40,41)43-33-31-38)45-37(39)30-28-26-24-22-20-18-16-14-12-10-8-6-4-2/h8,10,14,16,36H,3-7,9,11-13,15,17-35,38H2,1-2H3,(H,40,41)/b10-8-,16-14-. The Kier molecular flexibility index (Phi) is 34.5. The Morgan fingerprint density at radius 2 is 1.20 bits per heavy atom. The number of phosphoric acid groups is 1. The maximum Gasteiger partial charge on any atom is 0.472 e. The lowest BCUT2D eigenvalue weighted by Gasteiger charge is -2.20. The summed E-state index contributed by atoms with van der Waals surface area (Å²) >= 11 is 0. The van der Waals surface area contributed by atoms with E-state index in [4.69, 9.17) is 24.3 Å². The van der Waals surface area contributed by atoms with Gasteiger partial charge in [0.05, 0.1) is 19.8 Å². The van der Waals surface area contributed by atoms with Crippen molar-refractivity contribution in [1.82, 2.24) is 0 Å². The summed E-state index contributed by atoms with van der Waals surface area (Å²) in [4.78, 5) is 22.3. The molecule has 0 bridgehead atoms. The molecule has 0 rings (SSSR count). The van der Waals surface area contributed by atoms with Crippen LogP contribution in [0.4, 0.5) is 0 Å². The van der Waals surface area contributed by atoms with Crippen molar-refractivity contribution in [2.24, 2.45) is 5.73 Å². The van der Waals surface area contributed by atoms with Gasteiger partial charge in [-0.1, -0.05) is 147 Å². The predicted octanol–water partition coefficient (Wildman–Crippen LogP) is 10.5. The second kappa shape index (κ2) is 35.3. The van der Waals surface area contributed by atoms with Crippen LogP contribution in [0.25, 0.3) is 0 Å². The SMILES string of the molecule is CCC/C=C\C/C=C\CCCCCCCC(=O)OC(COCCCCCCCCCCCCCCCC)COP(=O)(O)OCCN. The lowest BCUT2D eigenvalue weighted by Crippen LogP contribution is -2.28. The van der Waals surface area contributed by atoms with Crippen molar-refractivity contribution in [2.75, 3.05) is 33.0 Å². The molecule has 0 saturated carbocycles. The Morgan fingerprint density at radius 3 is 1.78 bits per heavy atom. The van der Waals surface area contributed by atoms with E-state index in [-0.39, 0.29) is 32.3 Å². The van der Waals surface area contributed by atoms with Crippen molar-refractivity contribution in [3.05, 3.63) is 24.3 Å². The first-order valence-corrected chi connectivity index (χ1v) is 20.3. The zero-order chi connectivity index (χ0) is 33.8. The fourth-order valence-electron chi connectivity index (χ4n) is 5.09. The first-order valence-electron chi connectivity index (χ1n) is 18.8. The van der Waals surface area contributed by atoms with Crippen LogP contribution in [-0.2, 0) is 27.9 Å². The molecule has 0 aliphatic rings. The third-order valence-electron chi connectivity index (χ3n) is 7.85. The summed E-state index contributed by atoms with van der Waals surface area (Å²) in [6.07, 6.45) is 36.1. The van der Waals surface area contributed by atoms with Crippen molar-refractivity contribution in [1.29, 1.82) is 0 Å². The number of carbonyl (C=O) groups is 1. The average molecular weight is 674 g/mol. The van der Waals surface area contributed by atoms with Gasteiger partial charge in [-0.05, 0) is 38.5 Å². The normalized spacial score (nSPS) is 13.9. The summed E-state index contributed by atoms with van der Waals surface area (Å²) < 4.78 is 33.3. The second-order valence-corrected chi connectivity index (χ2v) is 13.9. The van der Waals surface area contributed by atoms with Crippen molar-refractivity contribution < 1.29 is 32.8 Å². The van der Waals surface area contributed by atoms with E-state index < -0.39 is 13.9 Å². The summed E-state index contributed by atoms with van der Waals surface area (Å²) in [5.74, 6) is -0.344. The predicted molar refractivity (Wildman–Crippen MR) is 192 cm³/mol. The maximum absolute atomic E-state index is 12.5. The van der Waals surface area contributed by atoms with Gasteiger partial charge >= 0.3 is 13.8 Å². The highest BCUT2D eigenvalue weighted by molar-refractivity contribution is 7.47. The molecule has 0 fully saturated rings. The largest absolute Gasteiger partial charge is 0.472 e. The molecule has 0 aromatic heterocycles. The van der Waals surface area contributed by atoms with E-state index in [0.29, 0.717) is 13.0 Å². The highest BCUT2D eigenvalue weighted by Crippen LogP contribution is 2.43. The van der Waals surface area contributed by atoms with Gasteiger partial charge in [-0.25, -0.2) is 4.57 Å². The molecule has 3 N–H and O–H groups in total. The minimum absolute atomic E-state index is 0.0967. The van der Waals surface area contributed by atoms with E-state index in [1.165, 1.54) is 83.5 Å². The lowest BCUT2D eigenvalue weighted by atomic mass is 10.0. The lowest BCUT2D eigenvalue weighted by molar-refractivity contribution is -0.154. The number of rotatable bonds is 36. The van der Waals surface area contributed by atoms with Gasteiger partial charge < -0.3 is 20.1 Å². The van der Waals surface area contributed by atoms with Gasteiger partial charge in [0.2, 0.25) is 0 Å². The van der Waals surface area contributed by atoms with Gasteiger partial charge in [0, 0.05) is 19.6 Å². The van der Waals surface area contributed by atoms with Gasteiger partial charge in [0.25, 0.3) is 0 Å². The van der Waals surface area contributed by atoms with E-state index >= 15 is 0 Å². The number of esters is 1. The molecule has 0 amide bonds. The molecule has 0 aromatic rings. The fourth-order valence-corrected chi connectivity index (χ4v) is 5.86. The van der Waals surface area contributed by atoms with Crippen molar-refractivity contribution in [3.63, 3.8) is 0 Å². The summed E-state index contributed by atoms with van der Waals surface area (Å²) in [5, 5.41) is 0. The Hall–Kier alpha value is -1.02. The van der Waals surface area contributed by atoms with Crippen LogP contribution in [0, 0.1) is 0 Å². The number of unbranched alkanes of at least 4 members (excludes halogenated alkanes) is 19.